The summed E-state index contributed by atoms with van der Waals surface area (Å²) in [5.74, 6) is 0. The van der Waals surface area contributed by atoms with Crippen molar-refractivity contribution in [2.24, 2.45) is 0 Å². The number of hydrogen-bond donors (Lipinski definition) is 0. The molecule has 0 aliphatic rings. The molecule has 0 amide bonds. The highest BCUT2D eigenvalue weighted by Crippen LogP contribution is 2.25. The van der Waals surface area contributed by atoms with Crippen LogP contribution in [0.5, 0.6) is 0 Å². The molecule has 0 aliphatic carbocycles. The average Bonchev–Trinajstić information content (AvgIpc) is 2.76. The van der Waals surface area contributed by atoms with Gasteiger partial charge >= 0.3 is 0 Å². The highest BCUT2D eigenvalue weighted by molar-refractivity contribution is 6.87. The number of hydrogen-bond acceptors (Lipinski definition) is 2. The Kier molecular flexibility index (Phi) is 13.6. The summed E-state index contributed by atoms with van der Waals surface area (Å²) in [6.45, 7) is 23.2. The molecule has 0 radical (unpaired) electrons. The molecule has 1 aromatic carbocycles. The number of benzene rings is 1. The number of allylic oxidation sites excluding steroid dienone is 1. The first-order valence-corrected chi connectivity index (χ1v) is 14.9. The van der Waals surface area contributed by atoms with E-state index in [1.165, 1.54) is 94.7 Å². The summed E-state index contributed by atoms with van der Waals surface area (Å²) in [5.41, 5.74) is 2.49. The third-order valence-corrected chi connectivity index (χ3v) is 11.7. The van der Waals surface area contributed by atoms with Crippen molar-refractivity contribution >= 4 is 19.2 Å². The van der Waals surface area contributed by atoms with Gasteiger partial charge in [-0.25, -0.2) is 0 Å². The quantitative estimate of drug-likeness (QED) is 0.241. The smallest absolute Gasteiger partial charge is 0.239 e. The molecule has 1 rings (SSSR count). The Balaban J connectivity index is 3.60. The van der Waals surface area contributed by atoms with Crippen LogP contribution in [0.3, 0.4) is 0 Å². The molecular formula is C27H50N2Si. The van der Waals surface area contributed by atoms with Gasteiger partial charge in [0.25, 0.3) is 0 Å². The second-order valence-electron chi connectivity index (χ2n) is 8.92. The van der Waals surface area contributed by atoms with E-state index < -0.39 is 8.40 Å². The highest BCUT2D eigenvalue weighted by Gasteiger charge is 2.45. The topological polar surface area (TPSA) is 6.48 Å². The lowest BCUT2D eigenvalue weighted by Gasteiger charge is -2.50. The van der Waals surface area contributed by atoms with E-state index in [2.05, 4.69) is 81.5 Å². The Morgan fingerprint density at radius 3 is 1.53 bits per heavy atom. The maximum Gasteiger partial charge on any atom is 0.239 e. The Labute approximate surface area is 189 Å². The van der Waals surface area contributed by atoms with Gasteiger partial charge in [0.15, 0.2) is 0 Å². The first-order valence-electron chi connectivity index (χ1n) is 12.8. The second-order valence-corrected chi connectivity index (χ2v) is 13.1. The van der Waals surface area contributed by atoms with Crippen molar-refractivity contribution in [3.05, 3.63) is 36.4 Å². The van der Waals surface area contributed by atoms with Crippen molar-refractivity contribution < 1.29 is 0 Å². The van der Waals surface area contributed by atoms with Crippen molar-refractivity contribution in [1.82, 2.24) is 9.13 Å². The van der Waals surface area contributed by atoms with Crippen molar-refractivity contribution in [2.45, 2.75) is 99.0 Å². The van der Waals surface area contributed by atoms with Gasteiger partial charge in [-0.05, 0) is 75.6 Å². The summed E-state index contributed by atoms with van der Waals surface area (Å²) in [6, 6.07) is 10.7. The van der Waals surface area contributed by atoms with E-state index in [9.17, 15) is 0 Å². The predicted octanol–water partition coefficient (Wildman–Crippen LogP) is 7.19. The van der Waals surface area contributed by atoms with Crippen molar-refractivity contribution in [1.29, 1.82) is 0 Å². The fourth-order valence-corrected chi connectivity index (χ4v) is 9.90. The molecule has 0 saturated heterocycles. The van der Waals surface area contributed by atoms with Gasteiger partial charge in [-0.3, -0.25) is 0 Å². The van der Waals surface area contributed by atoms with Crippen LogP contribution in [0.4, 0.5) is 0 Å². The summed E-state index contributed by atoms with van der Waals surface area (Å²) >= 11 is 0. The molecule has 0 bridgehead atoms. The fourth-order valence-electron chi connectivity index (χ4n) is 4.61. The zero-order chi connectivity index (χ0) is 22.4. The molecule has 2 nitrogen and oxygen atoms in total. The van der Waals surface area contributed by atoms with Crippen LogP contribution in [-0.2, 0) is 0 Å². The zero-order valence-corrected chi connectivity index (χ0v) is 22.1. The molecule has 0 heterocycles. The first-order chi connectivity index (χ1) is 14.5. The Hall–Kier alpha value is -0.903. The summed E-state index contributed by atoms with van der Waals surface area (Å²) in [6.07, 6.45) is 10.3. The minimum absolute atomic E-state index is 1.18. The Bertz CT molecular complexity index is 562. The molecule has 0 spiro atoms. The van der Waals surface area contributed by atoms with E-state index in [1.807, 2.05) is 0 Å². The SMILES string of the molecule is C=C(C)c1cccc([Si](CC)(N(CCCC)CCCC)N(CCCC)CCCC)c1. The second kappa shape index (κ2) is 15.0. The molecule has 30 heavy (non-hydrogen) atoms. The van der Waals surface area contributed by atoms with Crippen molar-refractivity contribution in [3.8, 4) is 0 Å². The molecule has 1 aromatic rings. The normalized spacial score (nSPS) is 12.1. The third-order valence-electron chi connectivity index (χ3n) is 6.48. The third kappa shape index (κ3) is 7.35. The zero-order valence-electron chi connectivity index (χ0n) is 21.1. The van der Waals surface area contributed by atoms with Crippen LogP contribution in [0.15, 0.2) is 30.8 Å². The van der Waals surface area contributed by atoms with E-state index in [1.54, 1.807) is 5.19 Å². The van der Waals surface area contributed by atoms with Crippen LogP contribution in [0, 0.1) is 0 Å². The number of unbranched alkanes of at least 4 members (excludes halogenated alkanes) is 4. The molecule has 0 atom stereocenters. The molecule has 0 fully saturated rings. The van der Waals surface area contributed by atoms with E-state index in [-0.39, 0.29) is 0 Å². The molecule has 0 aliphatic heterocycles. The van der Waals surface area contributed by atoms with Crippen LogP contribution >= 0.6 is 0 Å². The van der Waals surface area contributed by atoms with Gasteiger partial charge in [0, 0.05) is 0 Å². The fraction of sp³-hybridized carbons (Fsp3) is 0.704. The highest BCUT2D eigenvalue weighted by atomic mass is 28.3. The maximum absolute atomic E-state index is 4.25. The molecule has 3 heteroatoms. The van der Waals surface area contributed by atoms with E-state index in [0.717, 1.165) is 0 Å². The minimum atomic E-state index is -2.01. The molecule has 0 unspecified atom stereocenters. The van der Waals surface area contributed by atoms with Gasteiger partial charge < -0.3 is 9.13 Å². The number of rotatable bonds is 17. The summed E-state index contributed by atoms with van der Waals surface area (Å²) in [7, 11) is -2.01. The van der Waals surface area contributed by atoms with Gasteiger partial charge in [0.2, 0.25) is 8.40 Å². The average molecular weight is 431 g/mol. The largest absolute Gasteiger partial charge is 0.308 e. The van der Waals surface area contributed by atoms with E-state index >= 15 is 0 Å². The van der Waals surface area contributed by atoms with Gasteiger partial charge in [-0.15, -0.1) is 0 Å². The van der Waals surface area contributed by atoms with Crippen molar-refractivity contribution in [3.63, 3.8) is 0 Å². The Morgan fingerprint density at radius 2 is 1.20 bits per heavy atom. The van der Waals surface area contributed by atoms with Crippen LogP contribution in [0.25, 0.3) is 5.57 Å². The van der Waals surface area contributed by atoms with Gasteiger partial charge in [0.05, 0.1) is 0 Å². The molecule has 0 saturated carbocycles. The molecule has 172 valence electrons. The van der Waals surface area contributed by atoms with Crippen molar-refractivity contribution in [2.75, 3.05) is 26.2 Å². The van der Waals surface area contributed by atoms with Crippen LogP contribution in [-0.4, -0.2) is 43.7 Å². The van der Waals surface area contributed by atoms with E-state index in [0.29, 0.717) is 0 Å². The standard InChI is InChI=1S/C27H50N2Si/c1-8-13-20-28(21-14-9-2)30(12-5,29(22-15-10-3)23-16-11-4)27-19-17-18-26(24-27)25(6)7/h17-19,24H,6,8-16,20-23H2,1-5,7H3. The molecule has 0 aromatic heterocycles. The lowest BCUT2D eigenvalue weighted by atomic mass is 10.1. The van der Waals surface area contributed by atoms with Crippen LogP contribution < -0.4 is 5.19 Å². The van der Waals surface area contributed by atoms with E-state index in [4.69, 9.17) is 0 Å². The summed E-state index contributed by atoms with van der Waals surface area (Å²) in [5, 5.41) is 1.60. The maximum atomic E-state index is 4.25. The molecule has 0 N–H and O–H groups in total. The van der Waals surface area contributed by atoms with Gasteiger partial charge in [0.1, 0.15) is 0 Å². The van der Waals surface area contributed by atoms with Crippen LogP contribution in [0.1, 0.15) is 98.5 Å². The van der Waals surface area contributed by atoms with Crippen LogP contribution in [0.2, 0.25) is 6.04 Å². The number of nitrogens with zero attached hydrogens (tertiary/aromatic N) is 2. The van der Waals surface area contributed by atoms with Gasteiger partial charge in [-0.2, -0.15) is 0 Å². The monoisotopic (exact) mass is 430 g/mol. The lowest BCUT2D eigenvalue weighted by molar-refractivity contribution is 0.311. The Morgan fingerprint density at radius 1 is 0.767 bits per heavy atom. The summed E-state index contributed by atoms with van der Waals surface area (Å²) in [4.78, 5) is 0. The summed E-state index contributed by atoms with van der Waals surface area (Å²) < 4.78 is 5.95. The predicted molar refractivity (Wildman–Crippen MR) is 140 cm³/mol. The molecular weight excluding hydrogens is 380 g/mol. The minimum Gasteiger partial charge on any atom is -0.308 e. The lowest BCUT2D eigenvalue weighted by Crippen LogP contribution is -2.73. The van der Waals surface area contributed by atoms with Gasteiger partial charge in [-0.1, -0.05) is 96.7 Å². The first kappa shape index (κ1) is 27.1.